The molecule has 0 saturated carbocycles. The third kappa shape index (κ3) is 5.53. The largest absolute Gasteiger partial charge is 0.388 e. The summed E-state index contributed by atoms with van der Waals surface area (Å²) < 4.78 is 27.7. The highest BCUT2D eigenvalue weighted by Crippen LogP contribution is 2.25. The first-order valence-electron chi connectivity index (χ1n) is 11.0. The summed E-state index contributed by atoms with van der Waals surface area (Å²) in [6.07, 6.45) is 0. The second-order valence-corrected chi connectivity index (χ2v) is 11.6. The first-order chi connectivity index (χ1) is 15.3. The van der Waals surface area contributed by atoms with Gasteiger partial charge in [-0.2, -0.15) is 5.10 Å². The van der Waals surface area contributed by atoms with Gasteiger partial charge in [-0.15, -0.1) is 0 Å². The van der Waals surface area contributed by atoms with Crippen molar-refractivity contribution >= 4 is 21.3 Å². The van der Waals surface area contributed by atoms with Crippen molar-refractivity contribution in [3.8, 4) is 0 Å². The minimum Gasteiger partial charge on any atom is -0.388 e. The molecule has 0 fully saturated rings. The molecule has 1 N–H and O–H groups in total. The number of carbonyl (C=O) groups excluding carboxylic acids is 1. The van der Waals surface area contributed by atoms with Gasteiger partial charge < -0.3 is 5.32 Å². The van der Waals surface area contributed by atoms with E-state index >= 15 is 0 Å². The first kappa shape index (κ1) is 24.7. The molecule has 0 aliphatic heterocycles. The Morgan fingerprint density at radius 2 is 1.67 bits per heavy atom. The second kappa shape index (κ2) is 9.14. The van der Waals surface area contributed by atoms with Crippen molar-refractivity contribution in [3.05, 3.63) is 76.1 Å². The van der Waals surface area contributed by atoms with E-state index in [1.54, 1.807) is 36.0 Å². The van der Waals surface area contributed by atoms with Crippen molar-refractivity contribution in [2.45, 2.75) is 58.4 Å². The van der Waals surface area contributed by atoms with Crippen LogP contribution in [0.5, 0.6) is 0 Å². The Morgan fingerprint density at radius 3 is 2.24 bits per heavy atom. The molecule has 3 aromatic rings. The van der Waals surface area contributed by atoms with Crippen LogP contribution in [0, 0.1) is 20.8 Å². The minimum atomic E-state index is -3.81. The van der Waals surface area contributed by atoms with E-state index in [1.807, 2.05) is 34.6 Å². The maximum absolute atomic E-state index is 13.3. The topological polar surface area (TPSA) is 81.1 Å². The summed E-state index contributed by atoms with van der Waals surface area (Å²) in [6, 6.07) is 12.4. The molecule has 0 spiro atoms. The van der Waals surface area contributed by atoms with E-state index < -0.39 is 21.4 Å². The van der Waals surface area contributed by atoms with Gasteiger partial charge in [0.2, 0.25) is 0 Å². The number of hydrogen-bond donors (Lipinski definition) is 1. The molecule has 0 aliphatic carbocycles. The molecule has 3 rings (SSSR count). The highest BCUT2D eigenvalue weighted by atomic mass is 32.2. The molecule has 0 bridgehead atoms. The van der Waals surface area contributed by atoms with Crippen LogP contribution in [0.1, 0.15) is 59.2 Å². The number of sulfone groups is 1. The van der Waals surface area contributed by atoms with E-state index in [2.05, 4.69) is 24.4 Å². The van der Waals surface area contributed by atoms with E-state index in [-0.39, 0.29) is 10.3 Å². The van der Waals surface area contributed by atoms with Crippen LogP contribution in [0.3, 0.4) is 0 Å². The molecule has 0 saturated heterocycles. The van der Waals surface area contributed by atoms with Gasteiger partial charge in [0.1, 0.15) is 11.4 Å². The minimum absolute atomic E-state index is 0.120. The van der Waals surface area contributed by atoms with E-state index in [9.17, 15) is 13.2 Å². The number of anilines is 1. The van der Waals surface area contributed by atoms with Crippen LogP contribution >= 0.6 is 0 Å². The Kier molecular flexibility index (Phi) is 6.84. The third-order valence-corrected chi connectivity index (χ3v) is 7.40. The molecule has 0 amide bonds. The van der Waals surface area contributed by atoms with Crippen LogP contribution in [0.4, 0.5) is 5.69 Å². The Bertz CT molecular complexity index is 1280. The van der Waals surface area contributed by atoms with Crippen LogP contribution in [0.15, 0.2) is 47.4 Å². The molecule has 2 aromatic carbocycles. The quantitative estimate of drug-likeness (QED) is 0.502. The van der Waals surface area contributed by atoms with Gasteiger partial charge in [0.15, 0.2) is 15.6 Å². The number of rotatable bonds is 7. The van der Waals surface area contributed by atoms with Gasteiger partial charge in [0, 0.05) is 18.2 Å². The fraction of sp³-hybridized carbons (Fsp3) is 0.385. The Hall–Kier alpha value is -2.93. The number of Topliss-reactive ketones (excluding diaryl/α,β-unsaturated/α-hetero) is 1. The van der Waals surface area contributed by atoms with Gasteiger partial charge in [0.25, 0.3) is 0 Å². The maximum Gasteiger partial charge on any atom is 0.196 e. The molecule has 0 aliphatic rings. The van der Waals surface area contributed by atoms with Crippen LogP contribution in [-0.4, -0.2) is 36.8 Å². The number of carbonyl (C=O) groups is 1. The van der Waals surface area contributed by atoms with Gasteiger partial charge in [-0.25, -0.2) is 8.42 Å². The summed E-state index contributed by atoms with van der Waals surface area (Å²) in [5.74, 6) is -1.07. The van der Waals surface area contributed by atoms with Gasteiger partial charge in [-0.1, -0.05) is 44.5 Å². The maximum atomic E-state index is 13.3. The fourth-order valence-corrected chi connectivity index (χ4v) is 5.16. The molecule has 7 heteroatoms. The summed E-state index contributed by atoms with van der Waals surface area (Å²) in [6.45, 7) is 12.6. The zero-order chi connectivity index (χ0) is 24.6. The summed E-state index contributed by atoms with van der Waals surface area (Å²) in [5, 5.41) is 7.66. The van der Waals surface area contributed by atoms with Crippen molar-refractivity contribution in [2.24, 2.45) is 0 Å². The number of aromatic nitrogens is 2. The summed E-state index contributed by atoms with van der Waals surface area (Å²) in [4.78, 5) is 13.4. The molecule has 176 valence electrons. The first-order valence-corrected chi connectivity index (χ1v) is 12.7. The van der Waals surface area contributed by atoms with E-state index in [1.165, 1.54) is 11.6 Å². The Labute approximate surface area is 197 Å². The zero-order valence-electron chi connectivity index (χ0n) is 20.5. The highest BCUT2D eigenvalue weighted by molar-refractivity contribution is 7.92. The molecular formula is C26H33N3O3S. The monoisotopic (exact) mass is 467 g/mol. The molecule has 1 aromatic heterocycles. The number of hydrogen-bond acceptors (Lipinski definition) is 5. The fourth-order valence-electron chi connectivity index (χ4n) is 3.91. The lowest BCUT2D eigenvalue weighted by molar-refractivity contribution is 0.101. The molecule has 1 heterocycles. The lowest BCUT2D eigenvalue weighted by Crippen LogP contribution is -2.21. The zero-order valence-corrected chi connectivity index (χ0v) is 21.3. The predicted molar refractivity (Wildman–Crippen MR) is 133 cm³/mol. The number of benzene rings is 2. The van der Waals surface area contributed by atoms with Crippen molar-refractivity contribution in [2.75, 3.05) is 18.1 Å². The lowest BCUT2D eigenvalue weighted by Gasteiger charge is -2.15. The number of aryl methyl sites for hydroxylation is 3. The van der Waals surface area contributed by atoms with Crippen molar-refractivity contribution in [3.63, 3.8) is 0 Å². The average Bonchev–Trinajstić information content (AvgIpc) is 3.15. The van der Waals surface area contributed by atoms with Crippen LogP contribution in [0.2, 0.25) is 0 Å². The summed E-state index contributed by atoms with van der Waals surface area (Å²) in [7, 11) is -2.09. The normalized spacial score (nSPS) is 12.1. The van der Waals surface area contributed by atoms with E-state index in [4.69, 9.17) is 5.10 Å². The van der Waals surface area contributed by atoms with Gasteiger partial charge in [-0.3, -0.25) is 9.48 Å². The van der Waals surface area contributed by atoms with E-state index in [0.717, 1.165) is 22.4 Å². The van der Waals surface area contributed by atoms with Gasteiger partial charge in [0.05, 0.1) is 17.1 Å². The molecule has 33 heavy (non-hydrogen) atoms. The molecule has 0 radical (unpaired) electrons. The average molecular weight is 468 g/mol. The number of ketones is 1. The lowest BCUT2D eigenvalue weighted by atomic mass is 9.92. The van der Waals surface area contributed by atoms with E-state index in [0.29, 0.717) is 17.9 Å². The van der Waals surface area contributed by atoms with Crippen molar-refractivity contribution < 1.29 is 13.2 Å². The van der Waals surface area contributed by atoms with Crippen molar-refractivity contribution in [1.82, 2.24) is 9.78 Å². The standard InChI is InChI=1S/C26H33N3O3S/c1-17-11-18(2)22(19(3)12-17)15-29-23(14-25(28-29)26(4,5)6)24(30)16-33(31,32)21-10-8-9-20(13-21)27-7/h8-14,27H,15-16H2,1-7H3. The van der Waals surface area contributed by atoms with Gasteiger partial charge in [-0.05, 0) is 61.7 Å². The Balaban J connectivity index is 2.01. The summed E-state index contributed by atoms with van der Waals surface area (Å²) in [5.41, 5.74) is 5.96. The smallest absolute Gasteiger partial charge is 0.196 e. The third-order valence-electron chi connectivity index (χ3n) is 5.79. The Morgan fingerprint density at radius 1 is 1.03 bits per heavy atom. The molecule has 6 nitrogen and oxygen atoms in total. The summed E-state index contributed by atoms with van der Waals surface area (Å²) >= 11 is 0. The van der Waals surface area contributed by atoms with Crippen LogP contribution in [-0.2, 0) is 21.8 Å². The van der Waals surface area contributed by atoms with Crippen molar-refractivity contribution in [1.29, 1.82) is 0 Å². The SMILES string of the molecule is CNc1cccc(S(=O)(=O)CC(=O)c2cc(C(C)(C)C)nn2Cc2c(C)cc(C)cc2C)c1. The van der Waals surface area contributed by atoms with Gasteiger partial charge >= 0.3 is 0 Å². The highest BCUT2D eigenvalue weighted by Gasteiger charge is 2.27. The van der Waals surface area contributed by atoms with Crippen LogP contribution < -0.4 is 5.32 Å². The number of nitrogens with zero attached hydrogens (tertiary/aromatic N) is 2. The predicted octanol–water partition coefficient (Wildman–Crippen LogP) is 4.85. The molecule has 0 unspecified atom stereocenters. The molecule has 0 atom stereocenters. The molecular weight excluding hydrogens is 434 g/mol. The van der Waals surface area contributed by atoms with Crippen LogP contribution in [0.25, 0.3) is 0 Å². The second-order valence-electron chi connectivity index (χ2n) is 9.66. The number of nitrogens with one attached hydrogen (secondary N) is 1.